The number of esters is 3. The van der Waals surface area contributed by atoms with Crippen molar-refractivity contribution in [2.24, 2.45) is 5.92 Å². The highest BCUT2D eigenvalue weighted by molar-refractivity contribution is 5.88. The lowest BCUT2D eigenvalue weighted by molar-refractivity contribution is -0.131. The van der Waals surface area contributed by atoms with Crippen LogP contribution in [0.1, 0.15) is 43.7 Å². The van der Waals surface area contributed by atoms with E-state index < -0.39 is 17.9 Å². The van der Waals surface area contributed by atoms with E-state index in [0.29, 0.717) is 11.7 Å². The molecule has 1 aliphatic carbocycles. The molecule has 1 atom stereocenters. The van der Waals surface area contributed by atoms with Crippen LogP contribution in [0.2, 0.25) is 0 Å². The molecule has 0 bridgehead atoms. The number of hydrogen-bond donors (Lipinski definition) is 0. The fourth-order valence-electron chi connectivity index (χ4n) is 4.07. The lowest BCUT2D eigenvalue weighted by Gasteiger charge is -2.25. The minimum atomic E-state index is -0.674. The molecule has 0 saturated heterocycles. The van der Waals surface area contributed by atoms with Gasteiger partial charge in [0.15, 0.2) is 11.5 Å². The van der Waals surface area contributed by atoms with Gasteiger partial charge in [0.1, 0.15) is 5.75 Å². The summed E-state index contributed by atoms with van der Waals surface area (Å²) in [7, 11) is 0. The first kappa shape index (κ1) is 25.4. The van der Waals surface area contributed by atoms with Gasteiger partial charge in [0, 0.05) is 18.2 Å². The van der Waals surface area contributed by atoms with Gasteiger partial charge >= 0.3 is 17.9 Å². The van der Waals surface area contributed by atoms with Gasteiger partial charge in [0.2, 0.25) is 0 Å². The lowest BCUT2D eigenvalue weighted by Crippen LogP contribution is -2.10. The normalized spacial score (nSPS) is 16.4. The summed E-state index contributed by atoms with van der Waals surface area (Å²) in [5.41, 5.74) is 3.99. The minimum absolute atomic E-state index is 0.0982. The van der Waals surface area contributed by atoms with E-state index in [1.54, 1.807) is 24.3 Å². The molecule has 1 fully saturated rings. The fraction of sp³-hybridized carbons (Fsp3) is 0.207. The maximum atomic E-state index is 12.0. The Hall–Kier alpha value is -4.19. The molecule has 0 spiro atoms. The monoisotopic (exact) mass is 472 g/mol. The third-order valence-electron chi connectivity index (χ3n) is 5.64. The van der Waals surface area contributed by atoms with Gasteiger partial charge in [0.05, 0.1) is 0 Å². The van der Waals surface area contributed by atoms with Crippen molar-refractivity contribution >= 4 is 23.5 Å². The Kier molecular flexibility index (Phi) is 8.57. The molecule has 35 heavy (non-hydrogen) atoms. The van der Waals surface area contributed by atoms with Crippen molar-refractivity contribution in [2.75, 3.05) is 0 Å². The van der Waals surface area contributed by atoms with Crippen molar-refractivity contribution in [3.8, 4) is 17.2 Å². The highest BCUT2D eigenvalue weighted by atomic mass is 16.6. The average Bonchev–Trinajstić information content (AvgIpc) is 2.86. The van der Waals surface area contributed by atoms with Gasteiger partial charge in [-0.1, -0.05) is 56.9 Å². The van der Waals surface area contributed by atoms with E-state index in [-0.39, 0.29) is 11.5 Å². The van der Waals surface area contributed by atoms with Crippen molar-refractivity contribution in [2.45, 2.75) is 32.6 Å². The maximum Gasteiger partial charge on any atom is 0.335 e. The Morgan fingerprint density at radius 3 is 1.97 bits per heavy atom. The number of allylic oxidation sites excluding steroid dienone is 1. The molecule has 0 aromatic heterocycles. The number of rotatable bonds is 8. The van der Waals surface area contributed by atoms with E-state index >= 15 is 0 Å². The zero-order chi connectivity index (χ0) is 25.4. The van der Waals surface area contributed by atoms with Crippen molar-refractivity contribution in [1.82, 2.24) is 0 Å². The Labute approximate surface area is 205 Å². The molecule has 2 aromatic carbocycles. The largest absolute Gasteiger partial charge is 0.423 e. The van der Waals surface area contributed by atoms with E-state index in [9.17, 15) is 14.4 Å². The maximum absolute atomic E-state index is 12.0. The first-order valence-corrected chi connectivity index (χ1v) is 11.3. The second-order valence-corrected chi connectivity index (χ2v) is 8.24. The number of ether oxygens (including phenoxy) is 3. The van der Waals surface area contributed by atoms with Crippen LogP contribution in [0.15, 0.2) is 86.0 Å². The van der Waals surface area contributed by atoms with Gasteiger partial charge in [-0.25, -0.2) is 14.4 Å². The zero-order valence-electron chi connectivity index (χ0n) is 19.8. The van der Waals surface area contributed by atoms with E-state index in [1.165, 1.54) is 5.57 Å². The molecule has 2 aromatic rings. The summed E-state index contributed by atoms with van der Waals surface area (Å²) >= 11 is 0. The molecule has 6 nitrogen and oxygen atoms in total. The molecule has 180 valence electrons. The average molecular weight is 473 g/mol. The zero-order valence-corrected chi connectivity index (χ0v) is 19.8. The summed E-state index contributed by atoms with van der Waals surface area (Å²) in [6.07, 6.45) is 7.27. The Bertz CT molecular complexity index is 1190. The highest BCUT2D eigenvalue weighted by Gasteiger charge is 2.21. The minimum Gasteiger partial charge on any atom is -0.423 e. The number of carbonyl (C=O) groups is 3. The van der Waals surface area contributed by atoms with Gasteiger partial charge in [-0.05, 0) is 66.1 Å². The van der Waals surface area contributed by atoms with Crippen LogP contribution in [0.3, 0.4) is 0 Å². The van der Waals surface area contributed by atoms with E-state index in [0.717, 1.165) is 60.6 Å². The summed E-state index contributed by atoms with van der Waals surface area (Å²) in [6.45, 7) is 12.5. The second-order valence-electron chi connectivity index (χ2n) is 8.24. The van der Waals surface area contributed by atoms with Crippen LogP contribution >= 0.6 is 0 Å². The summed E-state index contributed by atoms with van der Waals surface area (Å²) in [5, 5.41) is 0. The van der Waals surface area contributed by atoms with Crippen molar-refractivity contribution in [3.05, 3.63) is 97.1 Å². The third kappa shape index (κ3) is 6.67. The quantitative estimate of drug-likeness (QED) is 0.267. The fourth-order valence-corrected chi connectivity index (χ4v) is 4.07. The van der Waals surface area contributed by atoms with E-state index in [4.69, 9.17) is 14.2 Å². The van der Waals surface area contributed by atoms with Crippen LogP contribution < -0.4 is 14.2 Å². The molecule has 0 heterocycles. The van der Waals surface area contributed by atoms with E-state index in [2.05, 4.69) is 26.7 Å². The molecular formula is C29H28O6. The topological polar surface area (TPSA) is 78.9 Å². The van der Waals surface area contributed by atoms with Gasteiger partial charge in [-0.2, -0.15) is 0 Å². The van der Waals surface area contributed by atoms with Crippen LogP contribution in [0.5, 0.6) is 17.2 Å². The number of carbonyl (C=O) groups excluding carboxylic acids is 3. The van der Waals surface area contributed by atoms with Gasteiger partial charge in [-0.3, -0.25) is 0 Å². The molecule has 1 unspecified atom stereocenters. The first-order valence-electron chi connectivity index (χ1n) is 11.3. The molecule has 1 saturated carbocycles. The van der Waals surface area contributed by atoms with Crippen LogP contribution in [0.4, 0.5) is 0 Å². The molecule has 0 radical (unpaired) electrons. The first-order chi connectivity index (χ1) is 16.8. The van der Waals surface area contributed by atoms with Crippen LogP contribution in [-0.4, -0.2) is 17.9 Å². The van der Waals surface area contributed by atoms with Crippen molar-refractivity contribution in [1.29, 1.82) is 0 Å². The van der Waals surface area contributed by atoms with Crippen LogP contribution in [0, 0.1) is 5.92 Å². The second kappa shape index (κ2) is 11.8. The number of hydrogen-bond acceptors (Lipinski definition) is 6. The van der Waals surface area contributed by atoms with Crippen molar-refractivity contribution in [3.63, 3.8) is 0 Å². The SMILES string of the molecule is C=CC(=O)Oc1ccc(/C(=C2\CCCC(C)C2)c2ccc(OC(=O)C=C)c(OC(=O)C=C)c2)cc1. The van der Waals surface area contributed by atoms with Gasteiger partial charge in [-0.15, -0.1) is 0 Å². The molecule has 0 aliphatic heterocycles. The molecule has 1 aliphatic rings. The molecular weight excluding hydrogens is 444 g/mol. The summed E-state index contributed by atoms with van der Waals surface area (Å²) < 4.78 is 15.9. The predicted octanol–water partition coefficient (Wildman–Crippen LogP) is 5.97. The van der Waals surface area contributed by atoms with Gasteiger partial charge in [0.25, 0.3) is 0 Å². The lowest BCUT2D eigenvalue weighted by atomic mass is 9.81. The summed E-state index contributed by atoms with van der Waals surface area (Å²) in [6, 6.07) is 12.3. The van der Waals surface area contributed by atoms with E-state index in [1.807, 2.05) is 18.2 Å². The molecule has 6 heteroatoms. The number of benzene rings is 2. The molecule has 0 N–H and O–H groups in total. The predicted molar refractivity (Wildman–Crippen MR) is 134 cm³/mol. The molecule has 3 rings (SSSR count). The summed E-state index contributed by atoms with van der Waals surface area (Å²) in [4.78, 5) is 35.3. The Morgan fingerprint density at radius 2 is 1.37 bits per heavy atom. The Morgan fingerprint density at radius 1 is 0.800 bits per heavy atom. The standard InChI is InChI=1S/C29H28O6/c1-5-26(30)33-23-14-11-20(12-15-23)29(21-10-8-9-19(4)17-21)22-13-16-24(34-27(31)6-2)25(18-22)35-28(32)7-3/h5-7,11-16,18-19H,1-3,8-10,17H2,4H3/b29-21-. The molecule has 0 amide bonds. The summed E-state index contributed by atoms with van der Waals surface area (Å²) in [5.74, 6) is -0.733. The van der Waals surface area contributed by atoms with Crippen molar-refractivity contribution < 1.29 is 28.6 Å². The van der Waals surface area contributed by atoms with Crippen LogP contribution in [-0.2, 0) is 14.4 Å². The van der Waals surface area contributed by atoms with Crippen LogP contribution in [0.25, 0.3) is 5.57 Å². The smallest absolute Gasteiger partial charge is 0.335 e. The Balaban J connectivity index is 2.11. The highest BCUT2D eigenvalue weighted by Crippen LogP contribution is 2.40. The van der Waals surface area contributed by atoms with Gasteiger partial charge < -0.3 is 14.2 Å². The third-order valence-corrected chi connectivity index (χ3v) is 5.64.